The molecular formula is C33H39F4N7O. The van der Waals surface area contributed by atoms with Gasteiger partial charge >= 0.3 is 6.18 Å². The number of likely N-dealkylation sites (tertiary alicyclic amines) is 1. The number of benzene rings is 2. The number of halogens is 4. The molecule has 2 aromatic carbocycles. The summed E-state index contributed by atoms with van der Waals surface area (Å²) in [6.45, 7) is 4.70. The first-order valence-electron chi connectivity index (χ1n) is 15.7. The molecule has 1 saturated carbocycles. The Morgan fingerprint density at radius 1 is 1.16 bits per heavy atom. The van der Waals surface area contributed by atoms with Gasteiger partial charge in [-0.2, -0.15) is 13.2 Å². The summed E-state index contributed by atoms with van der Waals surface area (Å²) in [5, 5.41) is 11.8. The summed E-state index contributed by atoms with van der Waals surface area (Å²) in [6, 6.07) is 10.1. The third-order valence-corrected chi connectivity index (χ3v) is 10.4. The zero-order valence-corrected chi connectivity index (χ0v) is 25.8. The number of rotatable bonds is 7. The highest BCUT2D eigenvalue weighted by Gasteiger charge is 2.49. The molecule has 8 nitrogen and oxygen atoms in total. The molecule has 0 radical (unpaired) electrons. The maximum Gasteiger partial charge on any atom is 0.416 e. The molecule has 1 aliphatic carbocycles. The first-order chi connectivity index (χ1) is 21.4. The lowest BCUT2D eigenvalue weighted by atomic mass is 9.58. The monoisotopic (exact) mass is 625 g/mol. The molecule has 4 aliphatic rings. The number of likely N-dealkylation sites (N-methyl/N-ethyl adjacent to an activating group) is 1. The molecule has 3 aliphatic heterocycles. The molecule has 12 heteroatoms. The summed E-state index contributed by atoms with van der Waals surface area (Å²) >= 11 is 0. The highest BCUT2D eigenvalue weighted by Crippen LogP contribution is 2.52. The zero-order chi connectivity index (χ0) is 31.7. The number of fused-ring (bicyclic) bond motifs is 1. The second-order valence-corrected chi connectivity index (χ2v) is 13.6. The van der Waals surface area contributed by atoms with Crippen LogP contribution in [0.25, 0.3) is 0 Å². The van der Waals surface area contributed by atoms with Gasteiger partial charge in [-0.05, 0) is 79.7 Å². The molecule has 45 heavy (non-hydrogen) atoms. The van der Waals surface area contributed by atoms with Gasteiger partial charge in [0.15, 0.2) is 0 Å². The Labute approximate surface area is 260 Å². The number of anilines is 1. The van der Waals surface area contributed by atoms with E-state index in [1.54, 1.807) is 30.4 Å². The van der Waals surface area contributed by atoms with Crippen molar-refractivity contribution in [2.24, 2.45) is 13.0 Å². The molecule has 1 N–H and O–H groups in total. The minimum absolute atomic E-state index is 0.0197. The van der Waals surface area contributed by atoms with Gasteiger partial charge in [0.2, 0.25) is 0 Å². The van der Waals surface area contributed by atoms with Gasteiger partial charge in [-0.3, -0.25) is 14.6 Å². The molecule has 7 rings (SSSR count). The van der Waals surface area contributed by atoms with Crippen LogP contribution in [0.1, 0.15) is 64.6 Å². The molecule has 240 valence electrons. The number of nitrogens with zero attached hydrogens (tertiary/aromatic N) is 6. The summed E-state index contributed by atoms with van der Waals surface area (Å²) in [5.41, 5.74) is 0.731. The van der Waals surface area contributed by atoms with Crippen molar-refractivity contribution in [1.29, 1.82) is 0 Å². The van der Waals surface area contributed by atoms with Crippen LogP contribution < -0.4 is 10.2 Å². The van der Waals surface area contributed by atoms with E-state index in [9.17, 15) is 18.0 Å². The van der Waals surface area contributed by atoms with E-state index in [-0.39, 0.29) is 35.7 Å². The Balaban J connectivity index is 1.16. The average Bonchev–Trinajstić information content (AvgIpc) is 3.78. The number of alkyl halides is 4. The van der Waals surface area contributed by atoms with Crippen molar-refractivity contribution in [1.82, 2.24) is 29.9 Å². The lowest BCUT2D eigenvalue weighted by molar-refractivity contribution is -0.138. The van der Waals surface area contributed by atoms with Gasteiger partial charge < -0.3 is 14.8 Å². The van der Waals surface area contributed by atoms with Crippen molar-refractivity contribution in [2.75, 3.05) is 38.1 Å². The van der Waals surface area contributed by atoms with Crippen molar-refractivity contribution in [2.45, 2.75) is 69.1 Å². The molecule has 0 spiro atoms. The fourth-order valence-corrected chi connectivity index (χ4v) is 8.23. The van der Waals surface area contributed by atoms with Crippen LogP contribution in [0.2, 0.25) is 0 Å². The largest absolute Gasteiger partial charge is 0.416 e. The number of amides is 1. The lowest BCUT2D eigenvalue weighted by Crippen LogP contribution is -2.43. The summed E-state index contributed by atoms with van der Waals surface area (Å²) in [4.78, 5) is 19.2. The van der Waals surface area contributed by atoms with E-state index >= 15 is 4.39 Å². The normalized spacial score (nSPS) is 28.7. The molecule has 0 bridgehead atoms. The molecule has 3 atom stereocenters. The minimum atomic E-state index is -4.64. The molecule has 4 heterocycles. The first-order valence-corrected chi connectivity index (χ1v) is 15.7. The van der Waals surface area contributed by atoms with Crippen LogP contribution in [0.4, 0.5) is 23.2 Å². The minimum Gasteiger partial charge on any atom is -0.320 e. The maximum absolute atomic E-state index is 15.2. The molecule has 0 unspecified atom stereocenters. The molecule has 3 aromatic rings. The van der Waals surface area contributed by atoms with Gasteiger partial charge in [-0.15, -0.1) is 10.2 Å². The Morgan fingerprint density at radius 2 is 1.96 bits per heavy atom. The van der Waals surface area contributed by atoms with E-state index < -0.39 is 29.9 Å². The van der Waals surface area contributed by atoms with Crippen LogP contribution in [0.3, 0.4) is 0 Å². The Morgan fingerprint density at radius 3 is 2.62 bits per heavy atom. The van der Waals surface area contributed by atoms with E-state index in [0.29, 0.717) is 30.3 Å². The summed E-state index contributed by atoms with van der Waals surface area (Å²) < 4.78 is 60.5. The fourth-order valence-electron chi connectivity index (χ4n) is 8.23. The average molecular weight is 626 g/mol. The highest BCUT2D eigenvalue weighted by molar-refractivity contribution is 6.10. The SMILES string of the molecule is CC1CC(c2cccc(N3Cc4c(cc(CN(C)[C@@H]5CN([C@H]6CCNC6)C[C@H]5F)cc4C(F)(F)F)C3=O)c2)(c2nncn2C)C1. The zero-order valence-electron chi connectivity index (χ0n) is 25.8. The maximum atomic E-state index is 15.2. The van der Waals surface area contributed by atoms with Gasteiger partial charge in [0.05, 0.1) is 23.6 Å². The van der Waals surface area contributed by atoms with Crippen LogP contribution in [0.5, 0.6) is 0 Å². The predicted octanol–water partition coefficient (Wildman–Crippen LogP) is 4.53. The number of hydrogen-bond donors (Lipinski definition) is 1. The highest BCUT2D eigenvalue weighted by atomic mass is 19.4. The molecule has 3 fully saturated rings. The second-order valence-electron chi connectivity index (χ2n) is 13.6. The number of nitrogens with one attached hydrogen (secondary N) is 1. The van der Waals surface area contributed by atoms with Crippen LogP contribution >= 0.6 is 0 Å². The Hall–Kier alpha value is -3.35. The summed E-state index contributed by atoms with van der Waals surface area (Å²) in [5.74, 6) is 0.854. The van der Waals surface area contributed by atoms with Crippen LogP contribution in [-0.4, -0.2) is 82.0 Å². The standard InChI is InChI=1S/C33H39F4N7O/c1-20-12-32(13-20,31-40-39-19-42(31)3)22-5-4-6-23(11-22)44-16-26-25(30(44)45)9-21(10-27(26)33(35,36)37)15-41(2)29-18-43(17-28(29)34)24-7-8-38-14-24/h4-6,9-11,19-20,24,28-29,38H,7-8,12-18H2,1-3H3/t20?,24-,28+,29+,32?/m0/s1. The predicted molar refractivity (Wildman–Crippen MR) is 162 cm³/mol. The number of aryl methyl sites for hydroxylation is 1. The summed E-state index contributed by atoms with van der Waals surface area (Å²) in [7, 11) is 3.66. The molecule has 2 saturated heterocycles. The van der Waals surface area contributed by atoms with Crippen LogP contribution in [-0.2, 0) is 31.7 Å². The van der Waals surface area contributed by atoms with E-state index in [4.69, 9.17) is 0 Å². The first kappa shape index (κ1) is 30.3. The quantitative estimate of drug-likeness (QED) is 0.390. The van der Waals surface area contributed by atoms with Crippen LogP contribution in [0, 0.1) is 5.92 Å². The van der Waals surface area contributed by atoms with E-state index in [1.165, 1.54) is 4.90 Å². The topological polar surface area (TPSA) is 69.5 Å². The van der Waals surface area contributed by atoms with Crippen molar-refractivity contribution >= 4 is 11.6 Å². The number of carbonyl (C=O) groups excluding carboxylic acids is 1. The Kier molecular flexibility index (Phi) is 7.52. The van der Waals surface area contributed by atoms with Gasteiger partial charge in [0.25, 0.3) is 5.91 Å². The number of hydrogen-bond acceptors (Lipinski definition) is 6. The van der Waals surface area contributed by atoms with Gasteiger partial charge in [-0.1, -0.05) is 19.1 Å². The Bertz CT molecular complexity index is 1590. The second kappa shape index (κ2) is 11.2. The van der Waals surface area contributed by atoms with Gasteiger partial charge in [0.1, 0.15) is 18.3 Å². The third kappa shape index (κ3) is 5.24. The number of aromatic nitrogens is 3. The molecule has 1 aromatic heterocycles. The third-order valence-electron chi connectivity index (χ3n) is 10.4. The smallest absolute Gasteiger partial charge is 0.320 e. The van der Waals surface area contributed by atoms with Crippen molar-refractivity contribution in [3.8, 4) is 0 Å². The van der Waals surface area contributed by atoms with Gasteiger partial charge in [0, 0.05) is 50.5 Å². The number of carbonyl (C=O) groups is 1. The van der Waals surface area contributed by atoms with Crippen molar-refractivity contribution in [3.63, 3.8) is 0 Å². The molecule has 1 amide bonds. The van der Waals surface area contributed by atoms with E-state index in [2.05, 4.69) is 27.3 Å². The van der Waals surface area contributed by atoms with E-state index in [0.717, 1.165) is 49.8 Å². The van der Waals surface area contributed by atoms with Gasteiger partial charge in [-0.25, -0.2) is 4.39 Å². The van der Waals surface area contributed by atoms with E-state index in [1.807, 2.05) is 29.8 Å². The van der Waals surface area contributed by atoms with Crippen molar-refractivity contribution < 1.29 is 22.4 Å². The molecular weight excluding hydrogens is 586 g/mol. The fraction of sp³-hybridized carbons (Fsp3) is 0.545. The lowest BCUT2D eigenvalue weighted by Gasteiger charge is -2.46. The summed E-state index contributed by atoms with van der Waals surface area (Å²) in [6.07, 6.45) is -1.38. The van der Waals surface area contributed by atoms with Crippen molar-refractivity contribution in [3.05, 3.63) is 76.4 Å². The van der Waals surface area contributed by atoms with Crippen LogP contribution in [0.15, 0.2) is 42.7 Å².